The van der Waals surface area contributed by atoms with Crippen LogP contribution in [0.25, 0.3) is 21.7 Å². The summed E-state index contributed by atoms with van der Waals surface area (Å²) >= 11 is 0. The number of hydrogen-bond donors (Lipinski definition) is 1. The van der Waals surface area contributed by atoms with Gasteiger partial charge in [-0.2, -0.15) is 5.10 Å². The maximum atomic E-state index is 12.3. The van der Waals surface area contributed by atoms with E-state index in [1.54, 1.807) is 13.2 Å². The molecule has 0 saturated carbocycles. The first-order valence-corrected chi connectivity index (χ1v) is 8.14. The average Bonchev–Trinajstić information content (AvgIpc) is 3.13. The van der Waals surface area contributed by atoms with Crippen LogP contribution < -0.4 is 10.2 Å². The highest BCUT2D eigenvalue weighted by atomic mass is 16.5. The summed E-state index contributed by atoms with van der Waals surface area (Å²) in [4.78, 5) is 12.3. The predicted octanol–water partition coefficient (Wildman–Crippen LogP) is 4.36. The van der Waals surface area contributed by atoms with Crippen LogP contribution in [0.3, 0.4) is 0 Å². The molecule has 1 amide bonds. The number of furan rings is 1. The summed E-state index contributed by atoms with van der Waals surface area (Å²) in [6.07, 6.45) is 1.54. The van der Waals surface area contributed by atoms with Crippen LogP contribution in [0.1, 0.15) is 16.1 Å². The second-order valence-corrected chi connectivity index (χ2v) is 5.75. The van der Waals surface area contributed by atoms with Gasteiger partial charge in [0.2, 0.25) is 0 Å². The Bertz CT molecular complexity index is 1130. The molecule has 0 saturated heterocycles. The topological polar surface area (TPSA) is 63.8 Å². The lowest BCUT2D eigenvalue weighted by Gasteiger charge is -2.02. The molecule has 0 spiro atoms. The number of amides is 1. The first-order valence-electron chi connectivity index (χ1n) is 8.14. The van der Waals surface area contributed by atoms with Crippen LogP contribution in [0.4, 0.5) is 0 Å². The molecule has 4 aromatic rings. The van der Waals surface area contributed by atoms with Crippen molar-refractivity contribution < 1.29 is 13.9 Å². The number of ether oxygens (including phenoxy) is 1. The quantitative estimate of drug-likeness (QED) is 0.442. The third kappa shape index (κ3) is 2.91. The summed E-state index contributed by atoms with van der Waals surface area (Å²) in [6.45, 7) is 0. The Balaban J connectivity index is 1.58. The molecule has 0 aliphatic heterocycles. The highest BCUT2D eigenvalue weighted by Gasteiger charge is 2.13. The molecule has 0 aliphatic carbocycles. The van der Waals surface area contributed by atoms with Crippen molar-refractivity contribution in [3.63, 3.8) is 0 Å². The van der Waals surface area contributed by atoms with E-state index < -0.39 is 5.91 Å². The van der Waals surface area contributed by atoms with E-state index in [2.05, 4.69) is 10.5 Å². The van der Waals surface area contributed by atoms with Crippen LogP contribution in [0.5, 0.6) is 5.75 Å². The van der Waals surface area contributed by atoms with Crippen LogP contribution in [-0.4, -0.2) is 19.2 Å². The minimum Gasteiger partial charge on any atom is -0.496 e. The van der Waals surface area contributed by atoms with E-state index in [-0.39, 0.29) is 5.76 Å². The molecule has 4 rings (SSSR count). The number of nitrogens with one attached hydrogen (secondary N) is 1. The van der Waals surface area contributed by atoms with Crippen molar-refractivity contribution in [2.45, 2.75) is 0 Å². The summed E-state index contributed by atoms with van der Waals surface area (Å²) in [5.74, 6) is 0.491. The van der Waals surface area contributed by atoms with E-state index in [9.17, 15) is 4.79 Å². The molecule has 26 heavy (non-hydrogen) atoms. The van der Waals surface area contributed by atoms with Crippen molar-refractivity contribution >= 4 is 33.9 Å². The minimum absolute atomic E-state index is 0.216. The van der Waals surface area contributed by atoms with Gasteiger partial charge in [0.05, 0.1) is 13.3 Å². The van der Waals surface area contributed by atoms with Gasteiger partial charge in [-0.25, -0.2) is 5.43 Å². The fraction of sp³-hybridized carbons (Fsp3) is 0.0476. The van der Waals surface area contributed by atoms with Gasteiger partial charge in [0.25, 0.3) is 0 Å². The lowest BCUT2D eigenvalue weighted by atomic mass is 10.1. The van der Waals surface area contributed by atoms with Crippen molar-refractivity contribution in [1.82, 2.24) is 5.43 Å². The Hall–Kier alpha value is -3.60. The molecule has 0 aliphatic rings. The Morgan fingerprint density at radius 3 is 2.73 bits per heavy atom. The number of carbonyl (C=O) groups excluding carboxylic acids is 1. The van der Waals surface area contributed by atoms with Gasteiger partial charge in [-0.3, -0.25) is 4.79 Å². The first kappa shape index (κ1) is 15.9. The van der Waals surface area contributed by atoms with E-state index in [4.69, 9.17) is 9.15 Å². The van der Waals surface area contributed by atoms with E-state index in [1.165, 1.54) is 6.21 Å². The Morgan fingerprint density at radius 1 is 1.04 bits per heavy atom. The van der Waals surface area contributed by atoms with Crippen molar-refractivity contribution in [3.05, 3.63) is 78.1 Å². The lowest BCUT2D eigenvalue weighted by molar-refractivity contribution is 0.0929. The van der Waals surface area contributed by atoms with Gasteiger partial charge in [-0.15, -0.1) is 0 Å². The maximum Gasteiger partial charge on any atom is 0.307 e. The van der Waals surface area contributed by atoms with Gasteiger partial charge >= 0.3 is 5.91 Å². The first-order chi connectivity index (χ1) is 12.8. The van der Waals surface area contributed by atoms with Gasteiger partial charge in [0, 0.05) is 10.9 Å². The molecule has 0 atom stereocenters. The molecule has 0 bridgehead atoms. The Kier molecular flexibility index (Phi) is 4.11. The van der Waals surface area contributed by atoms with E-state index >= 15 is 0 Å². The Labute approximate surface area is 149 Å². The molecule has 0 radical (unpaired) electrons. The largest absolute Gasteiger partial charge is 0.496 e. The second kappa shape index (κ2) is 6.72. The molecular formula is C21H16N2O3. The zero-order valence-electron chi connectivity index (χ0n) is 14.1. The number of para-hydroxylation sites is 1. The van der Waals surface area contributed by atoms with Crippen LogP contribution in [0.2, 0.25) is 0 Å². The summed E-state index contributed by atoms with van der Waals surface area (Å²) in [6, 6.07) is 21.0. The van der Waals surface area contributed by atoms with Gasteiger partial charge in [-0.1, -0.05) is 42.5 Å². The SMILES string of the molecule is COc1ccccc1/C=N\NC(=O)c1cc2c(ccc3ccccc32)o1. The highest BCUT2D eigenvalue weighted by molar-refractivity contribution is 6.08. The Morgan fingerprint density at radius 2 is 1.85 bits per heavy atom. The van der Waals surface area contributed by atoms with Crippen LogP contribution in [-0.2, 0) is 0 Å². The number of hydrogen-bond acceptors (Lipinski definition) is 4. The monoisotopic (exact) mass is 344 g/mol. The van der Waals surface area contributed by atoms with E-state index in [0.29, 0.717) is 11.3 Å². The fourth-order valence-corrected chi connectivity index (χ4v) is 2.89. The predicted molar refractivity (Wildman–Crippen MR) is 102 cm³/mol. The van der Waals surface area contributed by atoms with Gasteiger partial charge in [-0.05, 0) is 35.0 Å². The summed E-state index contributed by atoms with van der Waals surface area (Å²) in [5, 5.41) is 7.04. The van der Waals surface area contributed by atoms with Crippen LogP contribution in [0.15, 0.2) is 76.2 Å². The third-order valence-corrected chi connectivity index (χ3v) is 4.16. The maximum absolute atomic E-state index is 12.3. The molecule has 5 heteroatoms. The molecular weight excluding hydrogens is 328 g/mol. The van der Waals surface area contributed by atoms with E-state index in [0.717, 1.165) is 21.7 Å². The van der Waals surface area contributed by atoms with Crippen LogP contribution in [0, 0.1) is 0 Å². The molecule has 128 valence electrons. The van der Waals surface area contributed by atoms with Gasteiger partial charge in [0.15, 0.2) is 5.76 Å². The molecule has 1 aromatic heterocycles. The average molecular weight is 344 g/mol. The molecule has 1 N–H and O–H groups in total. The van der Waals surface area contributed by atoms with Crippen molar-refractivity contribution in [2.75, 3.05) is 7.11 Å². The molecule has 0 unspecified atom stereocenters. The minimum atomic E-state index is -0.406. The lowest BCUT2D eigenvalue weighted by Crippen LogP contribution is -2.16. The number of fused-ring (bicyclic) bond motifs is 3. The second-order valence-electron chi connectivity index (χ2n) is 5.75. The van der Waals surface area contributed by atoms with Gasteiger partial charge in [0.1, 0.15) is 11.3 Å². The third-order valence-electron chi connectivity index (χ3n) is 4.16. The normalized spacial score (nSPS) is 11.3. The number of nitrogens with zero attached hydrogens (tertiary/aromatic N) is 1. The summed E-state index contributed by atoms with van der Waals surface area (Å²) in [7, 11) is 1.59. The molecule has 1 heterocycles. The standard InChI is InChI=1S/C21H16N2O3/c1-25-18-9-5-3-7-15(18)13-22-23-21(24)20-12-17-16-8-4-2-6-14(16)10-11-19(17)26-20/h2-13H,1H3,(H,23,24)/b22-13-. The number of methoxy groups -OCH3 is 1. The number of rotatable bonds is 4. The zero-order chi connectivity index (χ0) is 17.9. The number of hydrazone groups is 1. The molecule has 5 nitrogen and oxygen atoms in total. The van der Waals surface area contributed by atoms with Crippen molar-refractivity contribution in [1.29, 1.82) is 0 Å². The van der Waals surface area contributed by atoms with Crippen molar-refractivity contribution in [2.24, 2.45) is 5.10 Å². The van der Waals surface area contributed by atoms with Crippen molar-refractivity contribution in [3.8, 4) is 5.75 Å². The molecule has 3 aromatic carbocycles. The fourth-order valence-electron chi connectivity index (χ4n) is 2.89. The summed E-state index contributed by atoms with van der Waals surface area (Å²) < 4.78 is 10.9. The zero-order valence-corrected chi connectivity index (χ0v) is 14.1. The van der Waals surface area contributed by atoms with E-state index in [1.807, 2.05) is 60.7 Å². The molecule has 0 fully saturated rings. The van der Waals surface area contributed by atoms with Gasteiger partial charge < -0.3 is 9.15 Å². The highest BCUT2D eigenvalue weighted by Crippen LogP contribution is 2.28. The number of benzene rings is 3. The van der Waals surface area contributed by atoms with Crippen LogP contribution >= 0.6 is 0 Å². The smallest absolute Gasteiger partial charge is 0.307 e. The number of carbonyl (C=O) groups is 1. The summed E-state index contributed by atoms with van der Waals surface area (Å²) in [5.41, 5.74) is 3.93.